The Morgan fingerprint density at radius 1 is 1.21 bits per heavy atom. The van der Waals surface area contributed by atoms with Gasteiger partial charge in [0.15, 0.2) is 12.2 Å². The molecule has 2 aromatic rings. The molecule has 2 fully saturated rings. The molecule has 0 atom stereocenters. The number of benzene rings is 1. The van der Waals surface area contributed by atoms with Crippen molar-refractivity contribution in [2.24, 2.45) is 11.3 Å². The van der Waals surface area contributed by atoms with Gasteiger partial charge in [0.1, 0.15) is 11.1 Å². The number of likely N-dealkylation sites (tertiary alicyclic amines) is 1. The summed E-state index contributed by atoms with van der Waals surface area (Å²) in [7, 11) is 0. The summed E-state index contributed by atoms with van der Waals surface area (Å²) in [6.07, 6.45) is -1.79. The number of aromatic nitrogens is 1. The number of hydrogen-bond acceptors (Lipinski definition) is 7. The molecule has 12 heteroatoms. The zero-order valence-corrected chi connectivity index (χ0v) is 18.1. The van der Waals surface area contributed by atoms with Gasteiger partial charge in [-0.2, -0.15) is 13.2 Å². The number of carbonyl (C=O) groups is 1. The monoisotopic (exact) mass is 512 g/mol. The first-order chi connectivity index (χ1) is 15.8. The molecule has 0 saturated carbocycles. The number of hydrogen-bond donors (Lipinski definition) is 1. The second kappa shape index (κ2) is 11.9. The van der Waals surface area contributed by atoms with E-state index in [0.29, 0.717) is 39.2 Å². The molecule has 0 aliphatic carbocycles. The molecule has 1 aromatic heterocycles. The van der Waals surface area contributed by atoms with Crippen LogP contribution in [0.15, 0.2) is 22.7 Å². The van der Waals surface area contributed by atoms with Crippen LogP contribution in [0.3, 0.4) is 0 Å². The minimum atomic E-state index is -4.46. The van der Waals surface area contributed by atoms with Crippen molar-refractivity contribution in [2.75, 3.05) is 46.1 Å². The van der Waals surface area contributed by atoms with Crippen molar-refractivity contribution in [2.45, 2.75) is 31.9 Å². The van der Waals surface area contributed by atoms with Gasteiger partial charge in [0.05, 0.1) is 12.0 Å². The van der Waals surface area contributed by atoms with Crippen molar-refractivity contribution in [3.8, 4) is 11.6 Å². The summed E-state index contributed by atoms with van der Waals surface area (Å²) in [5, 5.41) is 13.9. The first kappa shape index (κ1) is 27.7. The number of nitrogens with zero attached hydrogens (tertiary/aromatic N) is 2. The third kappa shape index (κ3) is 6.86. The Morgan fingerprint density at radius 2 is 1.91 bits per heavy atom. The summed E-state index contributed by atoms with van der Waals surface area (Å²) in [4.78, 5) is 14.1. The van der Waals surface area contributed by atoms with E-state index in [-0.39, 0.29) is 79.9 Å². The van der Waals surface area contributed by atoms with Crippen LogP contribution in [0, 0.1) is 11.3 Å². The summed E-state index contributed by atoms with van der Waals surface area (Å²) in [6, 6.07) is 4.54. The fourth-order valence-electron chi connectivity index (χ4n) is 4.45. The molecule has 2 aliphatic rings. The predicted molar refractivity (Wildman–Crippen MR) is 117 cm³/mol. The molecule has 0 spiro atoms. The summed E-state index contributed by atoms with van der Waals surface area (Å²) < 4.78 is 59.0. The van der Waals surface area contributed by atoms with Crippen LogP contribution in [0.1, 0.15) is 25.7 Å². The van der Waals surface area contributed by atoms with Crippen LogP contribution in [0.4, 0.5) is 13.2 Å². The van der Waals surface area contributed by atoms with Crippen LogP contribution in [0.25, 0.3) is 11.0 Å². The Kier molecular flexibility index (Phi) is 9.69. The van der Waals surface area contributed by atoms with Crippen molar-refractivity contribution >= 4 is 68.3 Å². The molecule has 8 nitrogen and oxygen atoms in total. The van der Waals surface area contributed by atoms with E-state index in [1.54, 1.807) is 6.07 Å². The number of halogens is 3. The Hall–Kier alpha value is -0.894. The third-order valence-corrected chi connectivity index (χ3v) is 6.41. The van der Waals surface area contributed by atoms with E-state index in [9.17, 15) is 23.1 Å². The molecule has 4 rings (SSSR count). The van der Waals surface area contributed by atoms with Gasteiger partial charge in [-0.15, -0.1) is 0 Å². The first-order valence-electron chi connectivity index (χ1n) is 11.0. The van der Waals surface area contributed by atoms with E-state index in [1.807, 2.05) is 0 Å². The summed E-state index contributed by atoms with van der Waals surface area (Å²) >= 11 is 0. The van der Waals surface area contributed by atoms with Gasteiger partial charge in [0, 0.05) is 19.8 Å². The van der Waals surface area contributed by atoms with E-state index < -0.39 is 24.2 Å². The van der Waals surface area contributed by atoms with E-state index >= 15 is 0 Å². The second-order valence-corrected chi connectivity index (χ2v) is 8.75. The Morgan fingerprint density at radius 3 is 2.56 bits per heavy atom. The van der Waals surface area contributed by atoms with Gasteiger partial charge in [-0.1, -0.05) is 6.07 Å². The fourth-order valence-corrected chi connectivity index (χ4v) is 4.45. The van der Waals surface area contributed by atoms with Gasteiger partial charge < -0.3 is 28.7 Å². The third-order valence-electron chi connectivity index (χ3n) is 6.41. The summed E-state index contributed by atoms with van der Waals surface area (Å²) in [6.45, 7) is 1.87. The normalized spacial score (nSPS) is 19.5. The first-order valence-corrected chi connectivity index (χ1v) is 11.0. The molecule has 0 bridgehead atoms. The zero-order valence-electron chi connectivity index (χ0n) is 18.1. The number of piperidine rings is 1. The molecule has 3 heterocycles. The number of alkyl halides is 3. The molecular formula is C22H28F3KN2O6. The van der Waals surface area contributed by atoms with Gasteiger partial charge in [-0.05, 0) is 62.0 Å². The number of carboxylic acids is 1. The van der Waals surface area contributed by atoms with Gasteiger partial charge >= 0.3 is 63.5 Å². The number of carboxylic acid groups (broad SMARTS) is 1. The molecule has 0 radical (unpaired) electrons. The summed E-state index contributed by atoms with van der Waals surface area (Å²) in [5.74, 6) is -0.437. The molecular weight excluding hydrogens is 484 g/mol. The van der Waals surface area contributed by atoms with Crippen molar-refractivity contribution in [3.63, 3.8) is 0 Å². The van der Waals surface area contributed by atoms with Crippen molar-refractivity contribution < 1.29 is 41.8 Å². The number of ether oxygens (including phenoxy) is 3. The predicted octanol–water partition coefficient (Wildman–Crippen LogP) is 3.09. The molecule has 0 unspecified atom stereocenters. The summed E-state index contributed by atoms with van der Waals surface area (Å²) in [5.41, 5.74) is -0.469. The van der Waals surface area contributed by atoms with E-state index in [2.05, 4.69) is 10.1 Å². The van der Waals surface area contributed by atoms with Crippen molar-refractivity contribution in [1.82, 2.24) is 10.1 Å². The molecule has 1 N–H and O–H groups in total. The van der Waals surface area contributed by atoms with Gasteiger partial charge in [-0.3, -0.25) is 4.79 Å². The molecule has 184 valence electrons. The quantitative estimate of drug-likeness (QED) is 0.540. The maximum absolute atomic E-state index is 12.6. The van der Waals surface area contributed by atoms with Crippen LogP contribution >= 0.6 is 0 Å². The standard InChI is InChI=1S/C22H27F3N2O6.K.H/c23-22(24,25)14-32-16-2-1-3-17-18(16)19(26-33-17)31-12-15-4-8-27(9-5-15)13-21(20(28)29)6-10-30-11-7-21;;/h1-3,15H,4-14H2,(H,28,29);;. The van der Waals surface area contributed by atoms with Crippen LogP contribution in [0.2, 0.25) is 0 Å². The Balaban J connectivity index is 0.00000324. The average molecular weight is 513 g/mol. The van der Waals surface area contributed by atoms with Gasteiger partial charge in [-0.25, -0.2) is 0 Å². The van der Waals surface area contributed by atoms with Crippen molar-refractivity contribution in [3.05, 3.63) is 18.2 Å². The van der Waals surface area contributed by atoms with Gasteiger partial charge in [0.2, 0.25) is 0 Å². The zero-order chi connectivity index (χ0) is 23.5. The molecule has 34 heavy (non-hydrogen) atoms. The van der Waals surface area contributed by atoms with Crippen LogP contribution in [-0.4, -0.2) is 125 Å². The minimum absolute atomic E-state index is 0. The van der Waals surface area contributed by atoms with E-state index in [1.165, 1.54) is 12.1 Å². The molecule has 2 aliphatic heterocycles. The second-order valence-electron chi connectivity index (χ2n) is 8.75. The van der Waals surface area contributed by atoms with Crippen LogP contribution in [0.5, 0.6) is 11.6 Å². The Labute approximate surface area is 237 Å². The van der Waals surface area contributed by atoms with E-state index in [0.717, 1.165) is 25.9 Å². The van der Waals surface area contributed by atoms with Crippen molar-refractivity contribution in [1.29, 1.82) is 0 Å². The number of fused-ring (bicyclic) bond motifs is 1. The maximum atomic E-state index is 12.6. The molecule has 0 amide bonds. The Bertz CT molecular complexity index is 956. The number of aliphatic carboxylic acids is 1. The van der Waals surface area contributed by atoms with Crippen LogP contribution < -0.4 is 9.47 Å². The topological polar surface area (TPSA) is 94.3 Å². The van der Waals surface area contributed by atoms with Crippen LogP contribution in [-0.2, 0) is 9.53 Å². The fraction of sp³-hybridized carbons (Fsp3) is 0.636. The molecule has 2 saturated heterocycles. The number of rotatable bonds is 8. The van der Waals surface area contributed by atoms with E-state index in [4.69, 9.17) is 18.7 Å². The average Bonchev–Trinajstić information content (AvgIpc) is 3.21. The SMILES string of the molecule is O=C(O)C1(CN2CCC(COc3noc4cccc(OCC(F)(F)F)c34)CC2)CCOCC1.[KH]. The van der Waals surface area contributed by atoms with Gasteiger partial charge in [0.25, 0.3) is 5.88 Å². The molecule has 1 aromatic carbocycles.